The summed E-state index contributed by atoms with van der Waals surface area (Å²) in [5, 5.41) is 2.53. The van der Waals surface area contributed by atoms with Crippen molar-refractivity contribution in [3.63, 3.8) is 0 Å². The summed E-state index contributed by atoms with van der Waals surface area (Å²) in [5.41, 5.74) is 5.15. The molecule has 0 radical (unpaired) electrons. The number of nitrogens with two attached hydrogens (primary N) is 1. The average molecular weight is 281 g/mol. The van der Waals surface area contributed by atoms with Gasteiger partial charge in [0.15, 0.2) is 0 Å². The molecule has 3 N–H and O–H groups in total. The Morgan fingerprint density at radius 3 is 2.53 bits per heavy atom. The van der Waals surface area contributed by atoms with Gasteiger partial charge < -0.3 is 11.1 Å². The lowest BCUT2D eigenvalue weighted by Gasteiger charge is -2.39. The normalized spacial score (nSPS) is 25.8. The molecule has 0 bridgehead atoms. The van der Waals surface area contributed by atoms with Crippen molar-refractivity contribution in [1.29, 1.82) is 0 Å². The van der Waals surface area contributed by atoms with Gasteiger partial charge >= 0.3 is 6.18 Å². The molecular formula is C12H22F3N3O. The van der Waals surface area contributed by atoms with Crippen LogP contribution in [0.2, 0.25) is 0 Å². The second kappa shape index (κ2) is 6.56. The molecule has 7 heteroatoms. The number of hydrogen-bond donors (Lipinski definition) is 2. The zero-order chi connectivity index (χ0) is 14.6. The average Bonchev–Trinajstić information content (AvgIpc) is 2.24. The van der Waals surface area contributed by atoms with Crippen molar-refractivity contribution >= 4 is 5.91 Å². The van der Waals surface area contributed by atoms with Crippen molar-refractivity contribution in [2.24, 2.45) is 17.6 Å². The molecule has 112 valence electrons. The molecule has 0 aromatic heterocycles. The van der Waals surface area contributed by atoms with Crippen LogP contribution in [-0.2, 0) is 4.79 Å². The minimum absolute atomic E-state index is 0.105. The molecule has 1 aliphatic heterocycles. The van der Waals surface area contributed by atoms with Crippen LogP contribution in [0.3, 0.4) is 0 Å². The number of carbonyl (C=O) groups excluding carboxylic acids is 1. The lowest BCUT2D eigenvalue weighted by atomic mass is 9.85. The van der Waals surface area contributed by atoms with E-state index in [1.807, 2.05) is 18.7 Å². The van der Waals surface area contributed by atoms with Crippen LogP contribution in [-0.4, -0.2) is 49.2 Å². The zero-order valence-electron chi connectivity index (χ0n) is 11.3. The first-order valence-electron chi connectivity index (χ1n) is 6.48. The maximum absolute atomic E-state index is 12.2. The lowest BCUT2D eigenvalue weighted by molar-refractivity contribution is -0.128. The van der Waals surface area contributed by atoms with Gasteiger partial charge in [-0.15, -0.1) is 0 Å². The maximum atomic E-state index is 12.2. The highest BCUT2D eigenvalue weighted by molar-refractivity contribution is 5.75. The van der Waals surface area contributed by atoms with Crippen LogP contribution in [0, 0.1) is 11.8 Å². The van der Waals surface area contributed by atoms with Gasteiger partial charge in [0.25, 0.3) is 0 Å². The molecule has 1 fully saturated rings. The largest absolute Gasteiger partial charge is 0.401 e. The fraction of sp³-hybridized carbons (Fsp3) is 0.917. The molecule has 2 unspecified atom stereocenters. The van der Waals surface area contributed by atoms with Crippen molar-refractivity contribution in [2.45, 2.75) is 32.5 Å². The Hall–Kier alpha value is -0.820. The molecule has 19 heavy (non-hydrogen) atoms. The number of piperidine rings is 1. The van der Waals surface area contributed by atoms with Crippen molar-refractivity contribution in [3.8, 4) is 0 Å². The Kier molecular flexibility index (Phi) is 5.61. The van der Waals surface area contributed by atoms with Crippen LogP contribution in [0.15, 0.2) is 0 Å². The number of alkyl halides is 3. The SMILES string of the molecule is CC(C)C1CC(NCC(F)(F)F)CN(CC(N)=O)C1. The number of hydrogen-bond acceptors (Lipinski definition) is 3. The summed E-state index contributed by atoms with van der Waals surface area (Å²) < 4.78 is 36.7. The highest BCUT2D eigenvalue weighted by atomic mass is 19.4. The first-order valence-corrected chi connectivity index (χ1v) is 6.48. The van der Waals surface area contributed by atoms with Gasteiger partial charge in [0.1, 0.15) is 0 Å². The van der Waals surface area contributed by atoms with E-state index >= 15 is 0 Å². The number of nitrogens with zero attached hydrogens (tertiary/aromatic N) is 1. The second-order valence-electron chi connectivity index (χ2n) is 5.59. The molecular weight excluding hydrogens is 259 g/mol. The molecule has 0 aromatic rings. The third kappa shape index (κ3) is 6.24. The maximum Gasteiger partial charge on any atom is 0.401 e. The third-order valence-electron chi connectivity index (χ3n) is 3.47. The number of halogens is 3. The van der Waals surface area contributed by atoms with Gasteiger partial charge in [-0.3, -0.25) is 9.69 Å². The molecule has 1 amide bonds. The second-order valence-corrected chi connectivity index (χ2v) is 5.59. The molecule has 0 saturated carbocycles. The quantitative estimate of drug-likeness (QED) is 0.789. The van der Waals surface area contributed by atoms with Crippen LogP contribution in [0.25, 0.3) is 0 Å². The summed E-state index contributed by atoms with van der Waals surface area (Å²) in [6, 6.07) is -0.248. The van der Waals surface area contributed by atoms with Gasteiger partial charge in [-0.25, -0.2) is 0 Å². The van der Waals surface area contributed by atoms with Gasteiger partial charge in [-0.2, -0.15) is 13.2 Å². The minimum Gasteiger partial charge on any atom is -0.369 e. The van der Waals surface area contributed by atoms with Crippen molar-refractivity contribution < 1.29 is 18.0 Å². The molecule has 0 spiro atoms. The molecule has 0 aliphatic carbocycles. The summed E-state index contributed by atoms with van der Waals surface area (Å²) >= 11 is 0. The molecule has 0 aromatic carbocycles. The Labute approximate surface area is 111 Å². The van der Waals surface area contributed by atoms with Gasteiger partial charge in [0.2, 0.25) is 5.91 Å². The summed E-state index contributed by atoms with van der Waals surface area (Å²) in [6.45, 7) is 4.34. The van der Waals surface area contributed by atoms with Crippen molar-refractivity contribution in [1.82, 2.24) is 10.2 Å². The third-order valence-corrected chi connectivity index (χ3v) is 3.47. The number of carbonyl (C=O) groups is 1. The van der Waals surface area contributed by atoms with E-state index in [0.29, 0.717) is 25.4 Å². The van der Waals surface area contributed by atoms with E-state index in [2.05, 4.69) is 5.32 Å². The van der Waals surface area contributed by atoms with Crippen molar-refractivity contribution in [2.75, 3.05) is 26.2 Å². The minimum atomic E-state index is -4.21. The fourth-order valence-corrected chi connectivity index (χ4v) is 2.47. The Morgan fingerprint density at radius 2 is 2.05 bits per heavy atom. The zero-order valence-corrected chi connectivity index (χ0v) is 11.3. The number of likely N-dealkylation sites (tertiary alicyclic amines) is 1. The Balaban J connectivity index is 2.57. The van der Waals surface area contributed by atoms with Crippen LogP contribution in [0.5, 0.6) is 0 Å². The molecule has 2 atom stereocenters. The van der Waals surface area contributed by atoms with Crippen LogP contribution < -0.4 is 11.1 Å². The first kappa shape index (κ1) is 16.2. The summed E-state index contributed by atoms with van der Waals surface area (Å²) in [7, 11) is 0. The van der Waals surface area contributed by atoms with E-state index in [4.69, 9.17) is 5.73 Å². The molecule has 4 nitrogen and oxygen atoms in total. The van der Waals surface area contributed by atoms with E-state index in [1.165, 1.54) is 0 Å². The molecule has 1 aliphatic rings. The first-order chi connectivity index (χ1) is 8.67. The van der Waals surface area contributed by atoms with E-state index in [9.17, 15) is 18.0 Å². The number of amides is 1. The fourth-order valence-electron chi connectivity index (χ4n) is 2.47. The summed E-state index contributed by atoms with van der Waals surface area (Å²) in [6.07, 6.45) is -3.51. The van der Waals surface area contributed by atoms with Gasteiger partial charge in [0, 0.05) is 19.1 Å². The summed E-state index contributed by atoms with van der Waals surface area (Å²) in [5.74, 6) is 0.198. The molecule has 1 saturated heterocycles. The molecule has 1 rings (SSSR count). The Morgan fingerprint density at radius 1 is 1.42 bits per heavy atom. The highest BCUT2D eigenvalue weighted by Crippen LogP contribution is 2.24. The van der Waals surface area contributed by atoms with E-state index < -0.39 is 18.6 Å². The van der Waals surface area contributed by atoms with E-state index in [-0.39, 0.29) is 18.5 Å². The van der Waals surface area contributed by atoms with Gasteiger partial charge in [-0.05, 0) is 18.3 Å². The number of nitrogens with one attached hydrogen (secondary N) is 1. The summed E-state index contributed by atoms with van der Waals surface area (Å²) in [4.78, 5) is 12.8. The number of rotatable bonds is 5. The number of primary amides is 1. The predicted molar refractivity (Wildman–Crippen MR) is 66.4 cm³/mol. The van der Waals surface area contributed by atoms with Crippen molar-refractivity contribution in [3.05, 3.63) is 0 Å². The van der Waals surface area contributed by atoms with E-state index in [0.717, 1.165) is 0 Å². The standard InChI is InChI=1S/C12H22F3N3O/c1-8(2)9-3-10(17-7-12(13,14)15)5-18(4-9)6-11(16)19/h8-10,17H,3-7H2,1-2H3,(H2,16,19). The molecule has 1 heterocycles. The lowest BCUT2D eigenvalue weighted by Crippen LogP contribution is -2.53. The topological polar surface area (TPSA) is 58.4 Å². The highest BCUT2D eigenvalue weighted by Gasteiger charge is 2.33. The predicted octanol–water partition coefficient (Wildman–Crippen LogP) is 0.970. The monoisotopic (exact) mass is 281 g/mol. The van der Waals surface area contributed by atoms with Crippen LogP contribution >= 0.6 is 0 Å². The van der Waals surface area contributed by atoms with E-state index in [1.54, 1.807) is 0 Å². The van der Waals surface area contributed by atoms with Crippen LogP contribution in [0.1, 0.15) is 20.3 Å². The van der Waals surface area contributed by atoms with Gasteiger partial charge in [0.05, 0.1) is 13.1 Å². The van der Waals surface area contributed by atoms with Gasteiger partial charge in [-0.1, -0.05) is 13.8 Å². The van der Waals surface area contributed by atoms with Crippen LogP contribution in [0.4, 0.5) is 13.2 Å². The smallest absolute Gasteiger partial charge is 0.369 e. The Bertz CT molecular complexity index is 307.